The Balaban J connectivity index is 2.01. The first-order valence-corrected chi connectivity index (χ1v) is 6.09. The Morgan fingerprint density at radius 2 is 2.22 bits per heavy atom. The Morgan fingerprint density at radius 1 is 1.44 bits per heavy atom. The third kappa shape index (κ3) is 3.14. The lowest BCUT2D eigenvalue weighted by Gasteiger charge is -2.08. The van der Waals surface area contributed by atoms with Crippen LogP contribution >= 0.6 is 11.6 Å². The molecule has 0 spiro atoms. The molecule has 1 heterocycles. The number of nitrogens with zero attached hydrogens (tertiary/aromatic N) is 2. The van der Waals surface area contributed by atoms with Gasteiger partial charge >= 0.3 is 0 Å². The smallest absolute Gasteiger partial charge is 0.103 e. The molecule has 94 valence electrons. The number of halogens is 1. The van der Waals surface area contributed by atoms with E-state index in [0.29, 0.717) is 6.54 Å². The van der Waals surface area contributed by atoms with Crippen LogP contribution in [-0.4, -0.2) is 9.55 Å². The SMILES string of the molecule is C=C(NCc1cc(C)cc(Cl)c1)c1cn(C)cn1. The van der Waals surface area contributed by atoms with Gasteiger partial charge in [-0.2, -0.15) is 0 Å². The second-order valence-electron chi connectivity index (χ2n) is 4.39. The lowest BCUT2D eigenvalue weighted by Crippen LogP contribution is -2.11. The van der Waals surface area contributed by atoms with Gasteiger partial charge in [0.2, 0.25) is 0 Å². The summed E-state index contributed by atoms with van der Waals surface area (Å²) in [4.78, 5) is 4.24. The van der Waals surface area contributed by atoms with Gasteiger partial charge in [-0.1, -0.05) is 24.2 Å². The van der Waals surface area contributed by atoms with E-state index in [-0.39, 0.29) is 0 Å². The van der Waals surface area contributed by atoms with E-state index >= 15 is 0 Å². The molecule has 0 aliphatic rings. The van der Waals surface area contributed by atoms with Gasteiger partial charge in [-0.15, -0.1) is 0 Å². The second-order valence-corrected chi connectivity index (χ2v) is 4.83. The first-order chi connectivity index (χ1) is 8.54. The molecule has 0 saturated carbocycles. The fraction of sp³-hybridized carbons (Fsp3) is 0.214. The van der Waals surface area contributed by atoms with Gasteiger partial charge in [0.25, 0.3) is 0 Å². The molecular weight excluding hydrogens is 246 g/mol. The predicted molar refractivity (Wildman–Crippen MR) is 75.3 cm³/mol. The number of hydrogen-bond acceptors (Lipinski definition) is 2. The summed E-state index contributed by atoms with van der Waals surface area (Å²) in [5.74, 6) is 0. The van der Waals surface area contributed by atoms with Crippen molar-refractivity contribution in [1.29, 1.82) is 0 Å². The van der Waals surface area contributed by atoms with Crippen molar-refractivity contribution < 1.29 is 0 Å². The number of hydrogen-bond donors (Lipinski definition) is 1. The molecule has 0 saturated heterocycles. The minimum absolute atomic E-state index is 0.691. The Bertz CT molecular complexity index is 552. The summed E-state index contributed by atoms with van der Waals surface area (Å²) in [6.45, 7) is 6.70. The zero-order chi connectivity index (χ0) is 13.1. The van der Waals surface area contributed by atoms with Gasteiger partial charge in [0, 0.05) is 24.8 Å². The van der Waals surface area contributed by atoms with E-state index in [2.05, 4.69) is 22.9 Å². The molecule has 18 heavy (non-hydrogen) atoms. The minimum Gasteiger partial charge on any atom is -0.380 e. The molecule has 1 aromatic carbocycles. The molecule has 1 N–H and O–H groups in total. The van der Waals surface area contributed by atoms with E-state index in [1.165, 1.54) is 0 Å². The highest BCUT2D eigenvalue weighted by Crippen LogP contribution is 2.15. The number of aromatic nitrogens is 2. The molecule has 2 aromatic rings. The highest BCUT2D eigenvalue weighted by molar-refractivity contribution is 6.30. The summed E-state index contributed by atoms with van der Waals surface area (Å²) in [5.41, 5.74) is 3.96. The molecule has 3 nitrogen and oxygen atoms in total. The van der Waals surface area contributed by atoms with Gasteiger partial charge in [-0.3, -0.25) is 0 Å². The zero-order valence-electron chi connectivity index (χ0n) is 10.6. The average molecular weight is 262 g/mol. The van der Waals surface area contributed by atoms with Crippen LogP contribution in [-0.2, 0) is 13.6 Å². The fourth-order valence-corrected chi connectivity index (χ4v) is 2.09. The average Bonchev–Trinajstić information content (AvgIpc) is 2.71. The van der Waals surface area contributed by atoms with Crippen molar-refractivity contribution in [3.8, 4) is 0 Å². The molecule has 2 rings (SSSR count). The monoisotopic (exact) mass is 261 g/mol. The standard InChI is InChI=1S/C14H16ClN3/c1-10-4-12(6-13(15)5-10)7-16-11(2)14-8-18(3)9-17-14/h4-6,8-9,16H,2,7H2,1,3H3. The minimum atomic E-state index is 0.691. The third-order valence-electron chi connectivity index (χ3n) is 2.62. The van der Waals surface area contributed by atoms with Gasteiger partial charge < -0.3 is 9.88 Å². The van der Waals surface area contributed by atoms with Crippen LogP contribution < -0.4 is 5.32 Å². The zero-order valence-corrected chi connectivity index (χ0v) is 11.3. The van der Waals surface area contributed by atoms with Crippen LogP contribution in [0.3, 0.4) is 0 Å². The van der Waals surface area contributed by atoms with Crippen LogP contribution in [0.5, 0.6) is 0 Å². The van der Waals surface area contributed by atoms with Gasteiger partial charge in [0.05, 0.1) is 12.0 Å². The molecule has 4 heteroatoms. The summed E-state index contributed by atoms with van der Waals surface area (Å²) in [6, 6.07) is 6.00. The molecular formula is C14H16ClN3. The normalized spacial score (nSPS) is 10.4. The summed E-state index contributed by atoms with van der Waals surface area (Å²) in [5, 5.41) is 4.01. The van der Waals surface area contributed by atoms with E-state index in [0.717, 1.165) is 27.5 Å². The summed E-state index contributed by atoms with van der Waals surface area (Å²) in [7, 11) is 1.93. The number of imidazole rings is 1. The van der Waals surface area contributed by atoms with E-state index in [9.17, 15) is 0 Å². The van der Waals surface area contributed by atoms with Gasteiger partial charge in [-0.25, -0.2) is 4.98 Å². The predicted octanol–water partition coefficient (Wildman–Crippen LogP) is 3.14. The molecule has 0 aliphatic heterocycles. The van der Waals surface area contributed by atoms with E-state index in [1.54, 1.807) is 6.33 Å². The van der Waals surface area contributed by atoms with Crippen LogP contribution in [0.15, 0.2) is 37.3 Å². The highest BCUT2D eigenvalue weighted by atomic mass is 35.5. The Labute approximate surface area is 112 Å². The maximum atomic E-state index is 6.02. The van der Waals surface area contributed by atoms with E-state index in [1.807, 2.05) is 36.9 Å². The van der Waals surface area contributed by atoms with Crippen molar-refractivity contribution in [3.05, 3.63) is 59.1 Å². The van der Waals surface area contributed by atoms with Crippen LogP contribution in [0.4, 0.5) is 0 Å². The Morgan fingerprint density at radius 3 is 2.83 bits per heavy atom. The second kappa shape index (κ2) is 5.27. The first-order valence-electron chi connectivity index (χ1n) is 5.72. The highest BCUT2D eigenvalue weighted by Gasteiger charge is 2.02. The van der Waals surface area contributed by atoms with Crippen molar-refractivity contribution in [2.75, 3.05) is 0 Å². The third-order valence-corrected chi connectivity index (χ3v) is 2.84. The number of benzene rings is 1. The topological polar surface area (TPSA) is 29.9 Å². The van der Waals surface area contributed by atoms with Gasteiger partial charge in [0.1, 0.15) is 5.69 Å². The van der Waals surface area contributed by atoms with Crippen LogP contribution in [0, 0.1) is 6.92 Å². The summed E-state index contributed by atoms with van der Waals surface area (Å²) in [6.07, 6.45) is 3.68. The lowest BCUT2D eigenvalue weighted by atomic mass is 10.1. The van der Waals surface area contributed by atoms with Crippen LogP contribution in [0.2, 0.25) is 5.02 Å². The molecule has 0 amide bonds. The molecule has 0 fully saturated rings. The van der Waals surface area contributed by atoms with Crippen molar-refractivity contribution in [1.82, 2.24) is 14.9 Å². The molecule has 0 radical (unpaired) electrons. The molecule has 0 atom stereocenters. The largest absolute Gasteiger partial charge is 0.380 e. The van der Waals surface area contributed by atoms with E-state index in [4.69, 9.17) is 11.6 Å². The summed E-state index contributed by atoms with van der Waals surface area (Å²) < 4.78 is 1.89. The first kappa shape index (κ1) is 12.7. The van der Waals surface area contributed by atoms with Crippen LogP contribution in [0.25, 0.3) is 5.70 Å². The van der Waals surface area contributed by atoms with Crippen molar-refractivity contribution in [2.24, 2.45) is 7.05 Å². The Kier molecular flexibility index (Phi) is 3.72. The van der Waals surface area contributed by atoms with Crippen molar-refractivity contribution in [2.45, 2.75) is 13.5 Å². The van der Waals surface area contributed by atoms with Gasteiger partial charge in [-0.05, 0) is 30.2 Å². The number of nitrogens with one attached hydrogen (secondary N) is 1. The van der Waals surface area contributed by atoms with Gasteiger partial charge in [0.15, 0.2) is 0 Å². The maximum absolute atomic E-state index is 6.02. The van der Waals surface area contributed by atoms with Crippen molar-refractivity contribution in [3.63, 3.8) is 0 Å². The molecule has 1 aromatic heterocycles. The molecule has 0 bridgehead atoms. The quantitative estimate of drug-likeness (QED) is 0.916. The molecule has 0 aliphatic carbocycles. The number of rotatable bonds is 4. The maximum Gasteiger partial charge on any atom is 0.103 e. The Hall–Kier alpha value is -1.74. The summed E-state index contributed by atoms with van der Waals surface area (Å²) >= 11 is 6.02. The van der Waals surface area contributed by atoms with Crippen molar-refractivity contribution >= 4 is 17.3 Å². The lowest BCUT2D eigenvalue weighted by molar-refractivity contribution is 0.884. The fourth-order valence-electron chi connectivity index (χ4n) is 1.78. The molecule has 0 unspecified atom stereocenters. The van der Waals surface area contributed by atoms with Crippen LogP contribution in [0.1, 0.15) is 16.8 Å². The van der Waals surface area contributed by atoms with E-state index < -0.39 is 0 Å². The number of aryl methyl sites for hydroxylation is 2.